The summed E-state index contributed by atoms with van der Waals surface area (Å²) in [4.78, 5) is 0. The SMILES string of the molecule is Fc1c(F)c(F)c(NCC2CCCOC2)c(F)c1F. The molecule has 1 aliphatic heterocycles. The third-order valence-electron chi connectivity index (χ3n) is 3.03. The van der Waals surface area contributed by atoms with E-state index in [0.717, 1.165) is 12.8 Å². The molecule has 0 amide bonds. The average molecular weight is 281 g/mol. The van der Waals surface area contributed by atoms with Gasteiger partial charge in [-0.1, -0.05) is 0 Å². The van der Waals surface area contributed by atoms with E-state index in [-0.39, 0.29) is 12.5 Å². The summed E-state index contributed by atoms with van der Waals surface area (Å²) < 4.78 is 70.5. The minimum Gasteiger partial charge on any atom is -0.381 e. The number of rotatable bonds is 3. The lowest BCUT2D eigenvalue weighted by molar-refractivity contribution is 0.0594. The molecule has 1 aromatic carbocycles. The Morgan fingerprint density at radius 3 is 2.05 bits per heavy atom. The van der Waals surface area contributed by atoms with Crippen molar-refractivity contribution in [2.24, 2.45) is 5.92 Å². The largest absolute Gasteiger partial charge is 0.381 e. The highest BCUT2D eigenvalue weighted by Gasteiger charge is 2.26. The molecule has 1 heterocycles. The van der Waals surface area contributed by atoms with E-state index in [4.69, 9.17) is 4.74 Å². The zero-order valence-electron chi connectivity index (χ0n) is 9.91. The van der Waals surface area contributed by atoms with Gasteiger partial charge < -0.3 is 10.1 Å². The van der Waals surface area contributed by atoms with Gasteiger partial charge in [-0.3, -0.25) is 0 Å². The van der Waals surface area contributed by atoms with Crippen LogP contribution in [0.2, 0.25) is 0 Å². The van der Waals surface area contributed by atoms with Crippen molar-refractivity contribution in [3.63, 3.8) is 0 Å². The van der Waals surface area contributed by atoms with Crippen molar-refractivity contribution in [3.05, 3.63) is 29.1 Å². The molecule has 1 fully saturated rings. The Bertz CT molecular complexity index is 445. The van der Waals surface area contributed by atoms with Gasteiger partial charge in [-0.05, 0) is 18.8 Å². The molecule has 0 aromatic heterocycles. The van der Waals surface area contributed by atoms with E-state index >= 15 is 0 Å². The molecule has 1 saturated heterocycles. The molecule has 0 spiro atoms. The summed E-state index contributed by atoms with van der Waals surface area (Å²) in [7, 11) is 0. The van der Waals surface area contributed by atoms with Crippen LogP contribution in [0.25, 0.3) is 0 Å². The number of ether oxygens (including phenoxy) is 1. The summed E-state index contributed by atoms with van der Waals surface area (Å²) >= 11 is 0. The van der Waals surface area contributed by atoms with E-state index in [1.165, 1.54) is 0 Å². The van der Waals surface area contributed by atoms with Crippen molar-refractivity contribution in [2.75, 3.05) is 25.1 Å². The van der Waals surface area contributed by atoms with Crippen LogP contribution in [0.5, 0.6) is 0 Å². The fraction of sp³-hybridized carbons (Fsp3) is 0.500. The molecule has 0 bridgehead atoms. The molecule has 0 saturated carbocycles. The molecule has 0 radical (unpaired) electrons. The van der Waals surface area contributed by atoms with Gasteiger partial charge in [0, 0.05) is 13.2 Å². The minimum absolute atomic E-state index is 0.0104. The van der Waals surface area contributed by atoms with Crippen molar-refractivity contribution < 1.29 is 26.7 Å². The topological polar surface area (TPSA) is 21.3 Å². The monoisotopic (exact) mass is 281 g/mol. The van der Waals surface area contributed by atoms with Crippen molar-refractivity contribution in [1.29, 1.82) is 0 Å². The Morgan fingerprint density at radius 2 is 1.53 bits per heavy atom. The highest BCUT2D eigenvalue weighted by molar-refractivity contribution is 5.47. The van der Waals surface area contributed by atoms with Gasteiger partial charge in [-0.2, -0.15) is 0 Å². The van der Waals surface area contributed by atoms with E-state index < -0.39 is 34.8 Å². The Hall–Kier alpha value is -1.37. The molecule has 106 valence electrons. The van der Waals surface area contributed by atoms with Gasteiger partial charge in [-0.25, -0.2) is 22.0 Å². The zero-order valence-corrected chi connectivity index (χ0v) is 9.91. The first-order valence-corrected chi connectivity index (χ1v) is 5.85. The summed E-state index contributed by atoms with van der Waals surface area (Å²) in [5.74, 6) is -9.73. The quantitative estimate of drug-likeness (QED) is 0.522. The molecule has 0 aliphatic carbocycles. The number of anilines is 1. The highest BCUT2D eigenvalue weighted by Crippen LogP contribution is 2.27. The van der Waals surface area contributed by atoms with Crippen LogP contribution in [0.3, 0.4) is 0 Å². The smallest absolute Gasteiger partial charge is 0.200 e. The fourth-order valence-electron chi connectivity index (χ4n) is 1.97. The van der Waals surface area contributed by atoms with Gasteiger partial charge in [0.15, 0.2) is 23.3 Å². The molecule has 1 N–H and O–H groups in total. The zero-order chi connectivity index (χ0) is 14.0. The number of hydrogen-bond acceptors (Lipinski definition) is 2. The first-order valence-electron chi connectivity index (χ1n) is 5.85. The lowest BCUT2D eigenvalue weighted by Crippen LogP contribution is -2.25. The second kappa shape index (κ2) is 5.73. The summed E-state index contributed by atoms with van der Waals surface area (Å²) in [6.07, 6.45) is 1.59. The van der Waals surface area contributed by atoms with E-state index in [1.54, 1.807) is 0 Å². The molecule has 2 rings (SSSR count). The Kier molecular flexibility index (Phi) is 4.24. The predicted molar refractivity (Wildman–Crippen MR) is 58.3 cm³/mol. The second-order valence-electron chi connectivity index (χ2n) is 4.41. The fourth-order valence-corrected chi connectivity index (χ4v) is 1.97. The molecular weight excluding hydrogens is 269 g/mol. The van der Waals surface area contributed by atoms with Crippen molar-refractivity contribution in [3.8, 4) is 0 Å². The van der Waals surface area contributed by atoms with E-state index in [1.807, 2.05) is 0 Å². The van der Waals surface area contributed by atoms with Crippen LogP contribution < -0.4 is 5.32 Å². The molecule has 19 heavy (non-hydrogen) atoms. The second-order valence-corrected chi connectivity index (χ2v) is 4.41. The molecular formula is C12H12F5NO. The summed E-state index contributed by atoms with van der Waals surface area (Å²) in [6, 6.07) is 0. The van der Waals surface area contributed by atoms with Gasteiger partial charge in [0.25, 0.3) is 0 Å². The summed E-state index contributed by atoms with van der Waals surface area (Å²) in [5, 5.41) is 2.28. The van der Waals surface area contributed by atoms with E-state index in [0.29, 0.717) is 13.2 Å². The van der Waals surface area contributed by atoms with Crippen LogP contribution in [0.15, 0.2) is 0 Å². The Labute approximate surface area is 106 Å². The van der Waals surface area contributed by atoms with E-state index in [9.17, 15) is 22.0 Å². The van der Waals surface area contributed by atoms with Crippen molar-refractivity contribution >= 4 is 5.69 Å². The molecule has 1 unspecified atom stereocenters. The van der Waals surface area contributed by atoms with Gasteiger partial charge in [0.05, 0.1) is 6.61 Å². The van der Waals surface area contributed by atoms with Gasteiger partial charge in [0.1, 0.15) is 5.69 Å². The number of benzene rings is 1. The standard InChI is InChI=1S/C12H12F5NO/c13-7-8(14)10(16)12(11(17)9(7)15)18-4-6-2-1-3-19-5-6/h6,18H,1-5H2. The maximum Gasteiger partial charge on any atom is 0.200 e. The van der Waals surface area contributed by atoms with Crippen LogP contribution in [-0.2, 0) is 4.74 Å². The number of hydrogen-bond donors (Lipinski definition) is 1. The van der Waals surface area contributed by atoms with Crippen LogP contribution >= 0.6 is 0 Å². The van der Waals surface area contributed by atoms with Gasteiger partial charge in [0.2, 0.25) is 5.82 Å². The van der Waals surface area contributed by atoms with Crippen molar-refractivity contribution in [2.45, 2.75) is 12.8 Å². The van der Waals surface area contributed by atoms with Gasteiger partial charge >= 0.3 is 0 Å². The molecule has 1 aromatic rings. The lowest BCUT2D eigenvalue weighted by atomic mass is 10.0. The predicted octanol–water partition coefficient (Wildman–Crippen LogP) is 3.22. The van der Waals surface area contributed by atoms with Crippen LogP contribution in [0.1, 0.15) is 12.8 Å². The first kappa shape index (κ1) is 14.0. The third kappa shape index (κ3) is 2.80. The lowest BCUT2D eigenvalue weighted by Gasteiger charge is -2.23. The average Bonchev–Trinajstić information content (AvgIpc) is 2.44. The van der Waals surface area contributed by atoms with E-state index in [2.05, 4.69) is 5.32 Å². The molecule has 2 nitrogen and oxygen atoms in total. The van der Waals surface area contributed by atoms with Crippen LogP contribution in [0.4, 0.5) is 27.6 Å². The summed E-state index contributed by atoms with van der Waals surface area (Å²) in [5.41, 5.74) is -0.984. The Morgan fingerprint density at radius 1 is 0.947 bits per heavy atom. The van der Waals surface area contributed by atoms with Crippen LogP contribution in [-0.4, -0.2) is 19.8 Å². The molecule has 7 heteroatoms. The maximum absolute atomic E-state index is 13.3. The Balaban J connectivity index is 2.15. The van der Waals surface area contributed by atoms with Gasteiger partial charge in [-0.15, -0.1) is 0 Å². The highest BCUT2D eigenvalue weighted by atomic mass is 19.2. The minimum atomic E-state index is -2.15. The van der Waals surface area contributed by atoms with Crippen LogP contribution in [0, 0.1) is 35.0 Å². The normalized spacial score (nSPS) is 19.5. The summed E-state index contributed by atoms with van der Waals surface area (Å²) in [6.45, 7) is 1.12. The number of nitrogens with one attached hydrogen (secondary N) is 1. The molecule has 1 atom stereocenters. The van der Waals surface area contributed by atoms with Crippen molar-refractivity contribution in [1.82, 2.24) is 0 Å². The third-order valence-corrected chi connectivity index (χ3v) is 3.03. The molecule has 1 aliphatic rings. The number of halogens is 5. The maximum atomic E-state index is 13.3. The first-order chi connectivity index (χ1) is 9.02.